The Labute approximate surface area is 248 Å². The number of hydrogen-bond acceptors (Lipinski definition) is 8. The van der Waals surface area contributed by atoms with Gasteiger partial charge in [-0.3, -0.25) is 18.6 Å². The molecule has 0 aliphatic heterocycles. The number of carbonyl (C=O) groups is 2. The van der Waals surface area contributed by atoms with E-state index in [1.165, 1.54) is 51.4 Å². The Bertz CT molecular complexity index is 720. The molecule has 41 heavy (non-hydrogen) atoms. The Hall–Kier alpha value is -1.29. The predicted molar refractivity (Wildman–Crippen MR) is 162 cm³/mol. The van der Waals surface area contributed by atoms with E-state index in [4.69, 9.17) is 24.8 Å². The number of phosphoric acid groups is 1. The highest BCUT2D eigenvalue weighted by Gasteiger charge is 2.27. The van der Waals surface area contributed by atoms with E-state index in [1.54, 1.807) is 0 Å². The summed E-state index contributed by atoms with van der Waals surface area (Å²) in [5, 5.41) is 8.80. The highest BCUT2D eigenvalue weighted by Crippen LogP contribution is 2.43. The summed E-state index contributed by atoms with van der Waals surface area (Å²) in [5.74, 6) is -1.79. The molecule has 0 fully saturated rings. The Balaban J connectivity index is 4.39. The first-order valence-corrected chi connectivity index (χ1v) is 17.2. The van der Waals surface area contributed by atoms with Gasteiger partial charge in [-0.25, -0.2) is 4.57 Å². The van der Waals surface area contributed by atoms with Crippen LogP contribution >= 0.6 is 7.82 Å². The van der Waals surface area contributed by atoms with Gasteiger partial charge in [0.05, 0.1) is 19.8 Å². The fourth-order valence-corrected chi connectivity index (χ4v) is 4.79. The maximum absolute atomic E-state index is 12.4. The summed E-state index contributed by atoms with van der Waals surface area (Å²) in [7, 11) is -4.59. The molecule has 0 heterocycles. The van der Waals surface area contributed by atoms with Crippen molar-refractivity contribution in [2.45, 2.75) is 142 Å². The topological polar surface area (TPSA) is 155 Å². The lowest BCUT2D eigenvalue weighted by Crippen LogP contribution is -2.34. The van der Waals surface area contributed by atoms with Gasteiger partial charge in [0.1, 0.15) is 12.1 Å². The van der Waals surface area contributed by atoms with E-state index in [0.717, 1.165) is 51.4 Å². The number of rotatable bonds is 30. The number of nitrogens with two attached hydrogens (primary N) is 1. The van der Waals surface area contributed by atoms with Crippen molar-refractivity contribution in [2.24, 2.45) is 5.73 Å². The molecule has 0 spiro atoms. The lowest BCUT2D eigenvalue weighted by atomic mass is 10.1. The minimum Gasteiger partial charge on any atom is -0.480 e. The molecule has 242 valence electrons. The summed E-state index contributed by atoms with van der Waals surface area (Å²) in [4.78, 5) is 33.1. The normalized spacial score (nSPS) is 14.6. The molecular weight excluding hydrogens is 549 g/mol. The molecule has 11 heteroatoms. The quantitative estimate of drug-likeness (QED) is 0.0334. The van der Waals surface area contributed by atoms with Crippen molar-refractivity contribution < 1.29 is 42.7 Å². The maximum Gasteiger partial charge on any atom is 0.472 e. The third-order valence-electron chi connectivity index (χ3n) is 6.53. The lowest BCUT2D eigenvalue weighted by molar-refractivity contribution is -0.154. The third-order valence-corrected chi connectivity index (χ3v) is 7.48. The van der Waals surface area contributed by atoms with Crippen molar-refractivity contribution in [1.82, 2.24) is 0 Å². The molecule has 10 nitrogen and oxygen atoms in total. The van der Waals surface area contributed by atoms with Crippen LogP contribution in [-0.2, 0) is 32.7 Å². The van der Waals surface area contributed by atoms with Gasteiger partial charge in [0.2, 0.25) is 0 Å². The molecule has 4 N–H and O–H groups in total. The molecule has 0 aliphatic rings. The largest absolute Gasteiger partial charge is 0.480 e. The molecule has 0 aromatic rings. The number of unbranched alkanes of at least 4 members (excludes halogenated alkanes) is 14. The minimum absolute atomic E-state index is 0.0158. The fourth-order valence-electron chi connectivity index (χ4n) is 4.02. The van der Waals surface area contributed by atoms with E-state index < -0.39 is 45.1 Å². The molecule has 0 aliphatic carbocycles. The van der Waals surface area contributed by atoms with Gasteiger partial charge in [0.15, 0.2) is 0 Å². The van der Waals surface area contributed by atoms with Crippen LogP contribution < -0.4 is 5.73 Å². The average Bonchev–Trinajstić information content (AvgIpc) is 2.94. The first-order valence-electron chi connectivity index (χ1n) is 15.7. The SMILES string of the molecule is CCC/C=C\CCCCCCCCOCC(COP(=O)(O)OCC(N)C(=O)O)OC(=O)CCCCCCCCCC. The van der Waals surface area contributed by atoms with Gasteiger partial charge < -0.3 is 25.2 Å². The third kappa shape index (κ3) is 27.3. The van der Waals surface area contributed by atoms with Crippen LogP contribution in [0.1, 0.15) is 129 Å². The summed E-state index contributed by atoms with van der Waals surface area (Å²) < 4.78 is 32.9. The Morgan fingerprint density at radius 2 is 1.32 bits per heavy atom. The van der Waals surface area contributed by atoms with Gasteiger partial charge in [-0.05, 0) is 32.1 Å². The summed E-state index contributed by atoms with van der Waals surface area (Å²) in [6.45, 7) is 3.74. The van der Waals surface area contributed by atoms with Crippen molar-refractivity contribution in [3.63, 3.8) is 0 Å². The van der Waals surface area contributed by atoms with Crippen LogP contribution in [0, 0.1) is 0 Å². The number of phosphoric ester groups is 1. The zero-order chi connectivity index (χ0) is 30.6. The summed E-state index contributed by atoms with van der Waals surface area (Å²) in [6.07, 6.45) is 22.8. The first kappa shape index (κ1) is 39.7. The first-order chi connectivity index (χ1) is 19.7. The molecule has 0 radical (unpaired) electrons. The zero-order valence-electron chi connectivity index (χ0n) is 25.6. The van der Waals surface area contributed by atoms with Crippen LogP contribution in [0.3, 0.4) is 0 Å². The smallest absolute Gasteiger partial charge is 0.472 e. The number of carboxylic acid groups (broad SMARTS) is 1. The Morgan fingerprint density at radius 3 is 1.95 bits per heavy atom. The van der Waals surface area contributed by atoms with Crippen LogP contribution in [0.25, 0.3) is 0 Å². The fraction of sp³-hybridized carbons (Fsp3) is 0.867. The van der Waals surface area contributed by atoms with Gasteiger partial charge in [0, 0.05) is 13.0 Å². The monoisotopic (exact) mass is 607 g/mol. The molecule has 3 atom stereocenters. The van der Waals surface area contributed by atoms with Gasteiger partial charge in [0.25, 0.3) is 0 Å². The predicted octanol–water partition coefficient (Wildman–Crippen LogP) is 7.08. The molecule has 0 amide bonds. The highest BCUT2D eigenvalue weighted by atomic mass is 31.2. The molecule has 0 saturated heterocycles. The van der Waals surface area contributed by atoms with Crippen molar-refractivity contribution in [3.8, 4) is 0 Å². The second-order valence-corrected chi connectivity index (χ2v) is 12.0. The number of esters is 1. The highest BCUT2D eigenvalue weighted by molar-refractivity contribution is 7.47. The van der Waals surface area contributed by atoms with E-state index in [9.17, 15) is 19.0 Å². The van der Waals surface area contributed by atoms with E-state index >= 15 is 0 Å². The van der Waals surface area contributed by atoms with Crippen LogP contribution in [-0.4, -0.2) is 60.5 Å². The number of allylic oxidation sites excluding steroid dienone is 2. The number of ether oxygens (including phenoxy) is 2. The minimum atomic E-state index is -4.59. The zero-order valence-corrected chi connectivity index (χ0v) is 26.5. The van der Waals surface area contributed by atoms with Crippen molar-refractivity contribution in [1.29, 1.82) is 0 Å². The molecule has 0 aromatic carbocycles. The molecule has 0 rings (SSSR count). The van der Waals surface area contributed by atoms with Crippen LogP contribution in [0.2, 0.25) is 0 Å². The van der Waals surface area contributed by atoms with Crippen molar-refractivity contribution >= 4 is 19.8 Å². The van der Waals surface area contributed by atoms with Crippen LogP contribution in [0.4, 0.5) is 0 Å². The Kier molecular flexibility index (Phi) is 26.7. The average molecular weight is 608 g/mol. The van der Waals surface area contributed by atoms with Crippen molar-refractivity contribution in [3.05, 3.63) is 12.2 Å². The molecule has 0 bridgehead atoms. The second kappa shape index (κ2) is 27.5. The molecule has 0 saturated carbocycles. The second-order valence-electron chi connectivity index (χ2n) is 10.6. The van der Waals surface area contributed by atoms with E-state index in [0.29, 0.717) is 13.0 Å². The molecular formula is C30H58NO9P. The summed E-state index contributed by atoms with van der Waals surface area (Å²) in [6, 6.07) is -1.47. The van der Waals surface area contributed by atoms with Gasteiger partial charge in [-0.15, -0.1) is 0 Å². The van der Waals surface area contributed by atoms with E-state index in [-0.39, 0.29) is 13.0 Å². The number of aliphatic carboxylic acids is 1. The number of carboxylic acids is 1. The van der Waals surface area contributed by atoms with Crippen LogP contribution in [0.5, 0.6) is 0 Å². The standard InChI is InChI=1S/C30H58NO9P/c1-3-5-7-9-11-13-14-15-17-19-21-23-37-24-27(25-38-41(35,36)39-26-28(31)30(33)34)40-29(32)22-20-18-16-12-10-8-6-4-2/h7,9,27-28H,3-6,8,10-26,31H2,1-2H3,(H,33,34)(H,35,36)/b9-7-. The summed E-state index contributed by atoms with van der Waals surface area (Å²) in [5.41, 5.74) is 5.30. The Morgan fingerprint density at radius 1 is 0.756 bits per heavy atom. The van der Waals surface area contributed by atoms with Gasteiger partial charge >= 0.3 is 19.8 Å². The van der Waals surface area contributed by atoms with Crippen LogP contribution in [0.15, 0.2) is 12.2 Å². The number of hydrogen-bond donors (Lipinski definition) is 3. The summed E-state index contributed by atoms with van der Waals surface area (Å²) >= 11 is 0. The molecule has 3 unspecified atom stereocenters. The van der Waals surface area contributed by atoms with Gasteiger partial charge in [-0.2, -0.15) is 0 Å². The van der Waals surface area contributed by atoms with E-state index in [2.05, 4.69) is 30.5 Å². The maximum atomic E-state index is 12.4. The van der Waals surface area contributed by atoms with E-state index in [1.807, 2.05) is 0 Å². The van der Waals surface area contributed by atoms with Gasteiger partial charge in [-0.1, -0.05) is 103 Å². The molecule has 0 aromatic heterocycles. The van der Waals surface area contributed by atoms with Crippen molar-refractivity contribution in [2.75, 3.05) is 26.4 Å². The lowest BCUT2D eigenvalue weighted by Gasteiger charge is -2.20. The number of carbonyl (C=O) groups excluding carboxylic acids is 1.